The molecule has 1 unspecified atom stereocenters. The second kappa shape index (κ2) is 6.20. The second-order valence-corrected chi connectivity index (χ2v) is 7.14. The topological polar surface area (TPSA) is 41.1 Å². The quantitative estimate of drug-likeness (QED) is 0.780. The lowest BCUT2D eigenvalue weighted by atomic mass is 10.2. The molecule has 0 saturated heterocycles. The van der Waals surface area contributed by atoms with Crippen LogP contribution < -0.4 is 10.6 Å². The van der Waals surface area contributed by atoms with E-state index >= 15 is 0 Å². The molecular weight excluding hydrogens is 348 g/mol. The van der Waals surface area contributed by atoms with Gasteiger partial charge in [0.2, 0.25) is 5.91 Å². The fourth-order valence-corrected chi connectivity index (χ4v) is 3.89. The van der Waals surface area contributed by atoms with Crippen LogP contribution in [0, 0.1) is 5.92 Å². The Morgan fingerprint density at radius 3 is 2.48 bits per heavy atom. The SMILES string of the molecule is CC(Nc1ccc(NC(=O)C2CC2)cc1)c1sccc1Br. The Balaban J connectivity index is 1.61. The average Bonchev–Trinajstić information content (AvgIpc) is 3.23. The summed E-state index contributed by atoms with van der Waals surface area (Å²) in [7, 11) is 0. The maximum Gasteiger partial charge on any atom is 0.227 e. The predicted octanol–water partition coefficient (Wildman–Crippen LogP) is 5.03. The molecule has 3 nitrogen and oxygen atoms in total. The van der Waals surface area contributed by atoms with E-state index in [-0.39, 0.29) is 17.9 Å². The van der Waals surface area contributed by atoms with Crippen molar-refractivity contribution in [1.29, 1.82) is 0 Å². The Labute approximate surface area is 136 Å². The molecule has 1 fully saturated rings. The summed E-state index contributed by atoms with van der Waals surface area (Å²) in [4.78, 5) is 13.0. The van der Waals surface area contributed by atoms with Crippen molar-refractivity contribution < 1.29 is 4.79 Å². The van der Waals surface area contributed by atoms with Crippen molar-refractivity contribution >= 4 is 44.5 Å². The number of carbonyl (C=O) groups is 1. The van der Waals surface area contributed by atoms with Gasteiger partial charge in [-0.05, 0) is 71.4 Å². The maximum atomic E-state index is 11.7. The number of rotatable bonds is 5. The maximum absolute atomic E-state index is 11.7. The molecule has 1 aromatic carbocycles. The van der Waals surface area contributed by atoms with E-state index in [1.54, 1.807) is 11.3 Å². The first kappa shape index (κ1) is 14.6. The zero-order chi connectivity index (χ0) is 14.8. The highest BCUT2D eigenvalue weighted by Gasteiger charge is 2.29. The molecular formula is C16H17BrN2OS. The minimum Gasteiger partial charge on any atom is -0.378 e. The molecule has 1 saturated carbocycles. The number of anilines is 2. The summed E-state index contributed by atoms with van der Waals surface area (Å²) in [6, 6.07) is 10.2. The minimum atomic E-state index is 0.145. The Kier molecular flexibility index (Phi) is 4.31. The van der Waals surface area contributed by atoms with Crippen LogP contribution in [-0.2, 0) is 4.79 Å². The van der Waals surface area contributed by atoms with Gasteiger partial charge in [-0.2, -0.15) is 0 Å². The van der Waals surface area contributed by atoms with Crippen molar-refractivity contribution in [3.05, 3.63) is 45.1 Å². The number of benzene rings is 1. The second-order valence-electron chi connectivity index (χ2n) is 5.34. The number of hydrogen-bond donors (Lipinski definition) is 2. The molecule has 5 heteroatoms. The van der Waals surface area contributed by atoms with Crippen LogP contribution in [0.1, 0.15) is 30.7 Å². The average molecular weight is 365 g/mol. The highest BCUT2D eigenvalue weighted by Crippen LogP contribution is 2.32. The normalized spacial score (nSPS) is 15.5. The van der Waals surface area contributed by atoms with E-state index in [0.29, 0.717) is 0 Å². The number of carbonyl (C=O) groups excluding carboxylic acids is 1. The van der Waals surface area contributed by atoms with Gasteiger partial charge in [-0.15, -0.1) is 11.3 Å². The zero-order valence-corrected chi connectivity index (χ0v) is 14.1. The van der Waals surface area contributed by atoms with Crippen molar-refractivity contribution in [3.8, 4) is 0 Å². The smallest absolute Gasteiger partial charge is 0.227 e. The van der Waals surface area contributed by atoms with Crippen molar-refractivity contribution in [2.45, 2.75) is 25.8 Å². The van der Waals surface area contributed by atoms with Gasteiger partial charge in [0.25, 0.3) is 0 Å². The standard InChI is InChI=1S/C16H17BrN2OS/c1-10(15-14(17)8-9-21-15)18-12-4-6-13(7-5-12)19-16(20)11-2-3-11/h4-11,18H,2-3H2,1H3,(H,19,20). The van der Waals surface area contributed by atoms with Gasteiger partial charge in [0.1, 0.15) is 0 Å². The molecule has 0 bridgehead atoms. The zero-order valence-electron chi connectivity index (χ0n) is 11.7. The van der Waals surface area contributed by atoms with Gasteiger partial charge in [-0.1, -0.05) is 0 Å². The summed E-state index contributed by atoms with van der Waals surface area (Å²) in [5.74, 6) is 0.380. The molecule has 110 valence electrons. The van der Waals surface area contributed by atoms with Crippen LogP contribution in [0.15, 0.2) is 40.2 Å². The first-order chi connectivity index (χ1) is 10.1. The van der Waals surface area contributed by atoms with Crippen molar-refractivity contribution in [2.75, 3.05) is 10.6 Å². The van der Waals surface area contributed by atoms with E-state index in [1.807, 2.05) is 24.3 Å². The lowest BCUT2D eigenvalue weighted by Gasteiger charge is -2.15. The molecule has 0 aliphatic heterocycles. The van der Waals surface area contributed by atoms with E-state index in [2.05, 4.69) is 44.9 Å². The summed E-state index contributed by atoms with van der Waals surface area (Å²) >= 11 is 5.29. The van der Waals surface area contributed by atoms with Crippen LogP contribution >= 0.6 is 27.3 Å². The van der Waals surface area contributed by atoms with E-state index in [4.69, 9.17) is 0 Å². The number of amides is 1. The monoisotopic (exact) mass is 364 g/mol. The van der Waals surface area contributed by atoms with Gasteiger partial charge in [-0.25, -0.2) is 0 Å². The fraction of sp³-hybridized carbons (Fsp3) is 0.312. The Hall–Kier alpha value is -1.33. The van der Waals surface area contributed by atoms with Gasteiger partial charge in [-0.3, -0.25) is 4.79 Å². The first-order valence-corrected chi connectivity index (χ1v) is 8.71. The third kappa shape index (κ3) is 3.66. The molecule has 2 aromatic rings. The summed E-state index contributed by atoms with van der Waals surface area (Å²) in [6.07, 6.45) is 2.05. The summed E-state index contributed by atoms with van der Waals surface area (Å²) in [6.45, 7) is 2.14. The summed E-state index contributed by atoms with van der Waals surface area (Å²) in [5, 5.41) is 8.49. The van der Waals surface area contributed by atoms with Crippen LogP contribution in [-0.4, -0.2) is 5.91 Å². The number of hydrogen-bond acceptors (Lipinski definition) is 3. The third-order valence-corrected chi connectivity index (χ3v) is 5.58. The Morgan fingerprint density at radius 1 is 1.24 bits per heavy atom. The molecule has 1 heterocycles. The van der Waals surface area contributed by atoms with Crippen molar-refractivity contribution in [1.82, 2.24) is 0 Å². The number of nitrogens with one attached hydrogen (secondary N) is 2. The Bertz CT molecular complexity index is 634. The minimum absolute atomic E-state index is 0.145. The molecule has 1 aliphatic carbocycles. The van der Waals surface area contributed by atoms with Crippen molar-refractivity contribution in [2.24, 2.45) is 5.92 Å². The highest BCUT2D eigenvalue weighted by atomic mass is 79.9. The van der Waals surface area contributed by atoms with Crippen LogP contribution in [0.3, 0.4) is 0 Å². The first-order valence-electron chi connectivity index (χ1n) is 7.04. The predicted molar refractivity (Wildman–Crippen MR) is 91.9 cm³/mol. The van der Waals surface area contributed by atoms with E-state index in [1.165, 1.54) is 4.88 Å². The summed E-state index contributed by atoms with van der Waals surface area (Å²) < 4.78 is 1.14. The lowest BCUT2D eigenvalue weighted by Crippen LogP contribution is -2.13. The van der Waals surface area contributed by atoms with Crippen LogP contribution in [0.25, 0.3) is 0 Å². The molecule has 3 rings (SSSR count). The highest BCUT2D eigenvalue weighted by molar-refractivity contribution is 9.10. The van der Waals surface area contributed by atoms with Gasteiger partial charge in [0, 0.05) is 26.6 Å². The van der Waals surface area contributed by atoms with E-state index < -0.39 is 0 Å². The molecule has 2 N–H and O–H groups in total. The molecule has 1 aliphatic rings. The van der Waals surface area contributed by atoms with E-state index in [0.717, 1.165) is 28.7 Å². The molecule has 1 aromatic heterocycles. The fourth-order valence-electron chi connectivity index (χ4n) is 2.17. The largest absolute Gasteiger partial charge is 0.378 e. The van der Waals surface area contributed by atoms with Crippen molar-refractivity contribution in [3.63, 3.8) is 0 Å². The van der Waals surface area contributed by atoms with Crippen LogP contribution in [0.2, 0.25) is 0 Å². The number of halogens is 1. The van der Waals surface area contributed by atoms with Gasteiger partial charge in [0.15, 0.2) is 0 Å². The number of thiophene rings is 1. The molecule has 21 heavy (non-hydrogen) atoms. The lowest BCUT2D eigenvalue weighted by molar-refractivity contribution is -0.117. The third-order valence-electron chi connectivity index (χ3n) is 3.52. The molecule has 1 amide bonds. The van der Waals surface area contributed by atoms with Crippen LogP contribution in [0.4, 0.5) is 11.4 Å². The van der Waals surface area contributed by atoms with E-state index in [9.17, 15) is 4.79 Å². The Morgan fingerprint density at radius 2 is 1.90 bits per heavy atom. The molecule has 0 radical (unpaired) electrons. The van der Waals surface area contributed by atoms with Gasteiger partial charge in [0.05, 0.1) is 6.04 Å². The van der Waals surface area contributed by atoms with Gasteiger partial charge < -0.3 is 10.6 Å². The van der Waals surface area contributed by atoms with Crippen LogP contribution in [0.5, 0.6) is 0 Å². The molecule has 1 atom stereocenters. The molecule has 0 spiro atoms. The summed E-state index contributed by atoms with van der Waals surface area (Å²) in [5.41, 5.74) is 1.91. The van der Waals surface area contributed by atoms with Gasteiger partial charge >= 0.3 is 0 Å².